The van der Waals surface area contributed by atoms with Crippen LogP contribution in [0.25, 0.3) is 0 Å². The van der Waals surface area contributed by atoms with E-state index < -0.39 is 0 Å². The van der Waals surface area contributed by atoms with E-state index >= 15 is 0 Å². The van der Waals surface area contributed by atoms with Gasteiger partial charge in [0.25, 0.3) is 5.91 Å². The molecule has 27 heavy (non-hydrogen) atoms. The van der Waals surface area contributed by atoms with Crippen LogP contribution in [0.4, 0.5) is 0 Å². The van der Waals surface area contributed by atoms with Gasteiger partial charge >= 0.3 is 0 Å². The lowest BCUT2D eigenvalue weighted by Crippen LogP contribution is -2.37. The Labute approximate surface area is 160 Å². The van der Waals surface area contributed by atoms with Crippen LogP contribution in [0.15, 0.2) is 49.1 Å². The van der Waals surface area contributed by atoms with Crippen molar-refractivity contribution in [3.63, 3.8) is 0 Å². The molecule has 4 heterocycles. The summed E-state index contributed by atoms with van der Waals surface area (Å²) in [6.07, 6.45) is 10.0. The number of pyridine rings is 2. The first-order valence-electron chi connectivity index (χ1n) is 9.78. The Morgan fingerprint density at radius 3 is 2.56 bits per heavy atom. The van der Waals surface area contributed by atoms with E-state index in [9.17, 15) is 10.0 Å². The SMILES string of the molecule is O=C(c1cc[n+]([O-])cc1)N1CCC(C2CCN(Cc3cccnc3)CC2)C1. The summed E-state index contributed by atoms with van der Waals surface area (Å²) in [6.45, 7) is 4.88. The smallest absolute Gasteiger partial charge is 0.254 e. The molecule has 2 aromatic rings. The number of amides is 1. The highest BCUT2D eigenvalue weighted by atomic mass is 16.5. The predicted molar refractivity (Wildman–Crippen MR) is 102 cm³/mol. The summed E-state index contributed by atoms with van der Waals surface area (Å²) >= 11 is 0. The molecule has 4 rings (SSSR count). The van der Waals surface area contributed by atoms with Crippen LogP contribution in [0.3, 0.4) is 0 Å². The standard InChI is InChI=1S/C21H26N4O2/c26-21(19-6-12-25(27)13-7-19)24-11-5-20(16-24)18-3-9-23(10-4-18)15-17-2-1-8-22-14-17/h1-2,6-8,12-14,18,20H,3-5,9-11,15-16H2. The molecule has 2 saturated heterocycles. The van der Waals surface area contributed by atoms with Crippen molar-refractivity contribution in [3.8, 4) is 0 Å². The minimum absolute atomic E-state index is 0.0483. The van der Waals surface area contributed by atoms with E-state index in [4.69, 9.17) is 0 Å². The number of hydrogen-bond donors (Lipinski definition) is 0. The highest BCUT2D eigenvalue weighted by Gasteiger charge is 2.34. The Morgan fingerprint density at radius 1 is 1.11 bits per heavy atom. The number of likely N-dealkylation sites (tertiary alicyclic amines) is 2. The van der Waals surface area contributed by atoms with Gasteiger partial charge in [-0.3, -0.25) is 14.7 Å². The fraction of sp³-hybridized carbons (Fsp3) is 0.476. The summed E-state index contributed by atoms with van der Waals surface area (Å²) in [4.78, 5) is 21.3. The maximum Gasteiger partial charge on any atom is 0.254 e. The zero-order chi connectivity index (χ0) is 18.6. The molecule has 1 atom stereocenters. The van der Waals surface area contributed by atoms with E-state index in [1.165, 1.54) is 30.8 Å². The van der Waals surface area contributed by atoms with Gasteiger partial charge in [0.05, 0.1) is 5.56 Å². The third-order valence-electron chi connectivity index (χ3n) is 5.99. The second-order valence-corrected chi connectivity index (χ2v) is 7.72. The second-order valence-electron chi connectivity index (χ2n) is 7.72. The number of aromatic nitrogens is 2. The topological polar surface area (TPSA) is 63.4 Å². The van der Waals surface area contributed by atoms with Crippen LogP contribution in [-0.4, -0.2) is 46.9 Å². The van der Waals surface area contributed by atoms with E-state index in [0.29, 0.717) is 22.1 Å². The van der Waals surface area contributed by atoms with Gasteiger partial charge in [0.2, 0.25) is 0 Å². The molecule has 0 bridgehead atoms. The predicted octanol–water partition coefficient (Wildman–Crippen LogP) is 2.09. The van der Waals surface area contributed by atoms with Crippen LogP contribution in [0.2, 0.25) is 0 Å². The monoisotopic (exact) mass is 366 g/mol. The number of nitrogens with zero attached hydrogens (tertiary/aromatic N) is 4. The zero-order valence-electron chi connectivity index (χ0n) is 15.5. The summed E-state index contributed by atoms with van der Waals surface area (Å²) < 4.78 is 0.711. The number of rotatable bonds is 4. The van der Waals surface area contributed by atoms with Crippen LogP contribution in [-0.2, 0) is 6.54 Å². The third-order valence-corrected chi connectivity index (χ3v) is 5.99. The van der Waals surface area contributed by atoms with Crippen molar-refractivity contribution in [2.45, 2.75) is 25.8 Å². The summed E-state index contributed by atoms with van der Waals surface area (Å²) in [6, 6.07) is 7.35. The minimum atomic E-state index is 0.0483. The maximum absolute atomic E-state index is 12.6. The molecule has 0 aromatic carbocycles. The average molecular weight is 366 g/mol. The maximum atomic E-state index is 12.6. The van der Waals surface area contributed by atoms with E-state index in [1.54, 1.807) is 12.1 Å². The lowest BCUT2D eigenvalue weighted by Gasteiger charge is -2.34. The summed E-state index contributed by atoms with van der Waals surface area (Å²) in [7, 11) is 0. The van der Waals surface area contributed by atoms with Gasteiger partial charge in [-0.05, 0) is 55.8 Å². The van der Waals surface area contributed by atoms with Gasteiger partial charge in [0.1, 0.15) is 0 Å². The number of carbonyl (C=O) groups is 1. The van der Waals surface area contributed by atoms with Crippen molar-refractivity contribution in [1.29, 1.82) is 0 Å². The van der Waals surface area contributed by atoms with Gasteiger partial charge in [0, 0.05) is 44.2 Å². The molecule has 2 fully saturated rings. The number of hydrogen-bond acceptors (Lipinski definition) is 4. The van der Waals surface area contributed by atoms with Gasteiger partial charge in [-0.1, -0.05) is 6.07 Å². The lowest BCUT2D eigenvalue weighted by molar-refractivity contribution is -0.605. The Morgan fingerprint density at radius 2 is 1.85 bits per heavy atom. The molecular formula is C21H26N4O2. The molecular weight excluding hydrogens is 340 g/mol. The Bertz CT molecular complexity index is 758. The summed E-state index contributed by atoms with van der Waals surface area (Å²) in [5.41, 5.74) is 1.88. The van der Waals surface area contributed by atoms with Crippen molar-refractivity contribution in [1.82, 2.24) is 14.8 Å². The Hall–Kier alpha value is -2.47. The minimum Gasteiger partial charge on any atom is -0.619 e. The van der Waals surface area contributed by atoms with Crippen molar-refractivity contribution in [2.75, 3.05) is 26.2 Å². The van der Waals surface area contributed by atoms with Gasteiger partial charge in [0.15, 0.2) is 12.4 Å². The number of piperidine rings is 1. The molecule has 0 radical (unpaired) electrons. The van der Waals surface area contributed by atoms with Gasteiger partial charge < -0.3 is 10.1 Å². The molecule has 1 amide bonds. The molecule has 2 aliphatic rings. The molecule has 0 aliphatic carbocycles. The zero-order valence-corrected chi connectivity index (χ0v) is 15.5. The first-order valence-corrected chi connectivity index (χ1v) is 9.78. The molecule has 6 nitrogen and oxygen atoms in total. The quantitative estimate of drug-likeness (QED) is 0.614. The first-order chi connectivity index (χ1) is 13.2. The van der Waals surface area contributed by atoms with Crippen LogP contribution in [0.1, 0.15) is 35.2 Å². The van der Waals surface area contributed by atoms with Crippen molar-refractivity contribution >= 4 is 5.91 Å². The largest absolute Gasteiger partial charge is 0.619 e. The molecule has 6 heteroatoms. The van der Waals surface area contributed by atoms with Crippen molar-refractivity contribution in [3.05, 3.63) is 65.4 Å². The second kappa shape index (κ2) is 8.05. The van der Waals surface area contributed by atoms with Gasteiger partial charge in [-0.25, -0.2) is 0 Å². The molecule has 0 N–H and O–H groups in total. The first kappa shape index (κ1) is 17.9. The Kier molecular flexibility index (Phi) is 5.34. The van der Waals surface area contributed by atoms with Crippen LogP contribution < -0.4 is 4.73 Å². The van der Waals surface area contributed by atoms with E-state index in [2.05, 4.69) is 16.0 Å². The van der Waals surface area contributed by atoms with Gasteiger partial charge in [-0.15, -0.1) is 0 Å². The fourth-order valence-electron chi connectivity index (χ4n) is 4.43. The molecule has 1 unspecified atom stereocenters. The van der Waals surface area contributed by atoms with Gasteiger partial charge in [-0.2, -0.15) is 4.73 Å². The molecule has 142 valence electrons. The van der Waals surface area contributed by atoms with E-state index in [0.717, 1.165) is 39.1 Å². The van der Waals surface area contributed by atoms with Crippen molar-refractivity contribution in [2.24, 2.45) is 11.8 Å². The summed E-state index contributed by atoms with van der Waals surface area (Å²) in [5.74, 6) is 1.35. The van der Waals surface area contributed by atoms with Crippen LogP contribution in [0, 0.1) is 17.0 Å². The highest BCUT2D eigenvalue weighted by molar-refractivity contribution is 5.94. The molecule has 2 aromatic heterocycles. The van der Waals surface area contributed by atoms with Crippen LogP contribution >= 0.6 is 0 Å². The third kappa shape index (κ3) is 4.27. The summed E-state index contributed by atoms with van der Waals surface area (Å²) in [5, 5.41) is 11.2. The van der Waals surface area contributed by atoms with E-state index in [1.807, 2.05) is 23.4 Å². The molecule has 0 spiro atoms. The van der Waals surface area contributed by atoms with E-state index in [-0.39, 0.29) is 5.91 Å². The number of carbonyl (C=O) groups excluding carboxylic acids is 1. The molecule has 2 aliphatic heterocycles. The van der Waals surface area contributed by atoms with Crippen molar-refractivity contribution < 1.29 is 9.52 Å². The average Bonchev–Trinajstić information content (AvgIpc) is 3.20. The normalized spacial score (nSPS) is 21.5. The molecule has 0 saturated carbocycles. The van der Waals surface area contributed by atoms with Crippen LogP contribution in [0.5, 0.6) is 0 Å². The highest BCUT2D eigenvalue weighted by Crippen LogP contribution is 2.32. The lowest BCUT2D eigenvalue weighted by atomic mass is 9.83. The fourth-order valence-corrected chi connectivity index (χ4v) is 4.43. The Balaban J connectivity index is 1.27.